The molecule has 1 heterocycles. The van der Waals surface area contributed by atoms with Gasteiger partial charge in [-0.2, -0.15) is 5.26 Å². The van der Waals surface area contributed by atoms with Gasteiger partial charge in [0.15, 0.2) is 5.75 Å². The fraction of sp³-hybridized carbons (Fsp3) is 0.250. The predicted octanol–water partition coefficient (Wildman–Crippen LogP) is 2.33. The Morgan fingerprint density at radius 1 is 1.15 bits per heavy atom. The number of benzene rings is 2. The van der Waals surface area contributed by atoms with Crippen LogP contribution in [0.2, 0.25) is 0 Å². The third kappa shape index (κ3) is 4.50. The van der Waals surface area contributed by atoms with Gasteiger partial charge in [0.1, 0.15) is 11.4 Å². The van der Waals surface area contributed by atoms with Crippen LogP contribution in [-0.4, -0.2) is 53.8 Å². The molecule has 3 amide bonds. The standard InChI is InChI=1S/C24H25N5O4/c1-5-17(15-9-7-6-8-10-15)26-19-20(24(33)29(4)23(19)32)27-18-12-14(13-25)11-16(21(18)30)22(31)28(2)3/h6-12,17,26-27,30H,5H2,1-4H3/t17-/m1/s1. The Morgan fingerprint density at radius 2 is 1.79 bits per heavy atom. The van der Waals surface area contributed by atoms with Crippen molar-refractivity contribution in [2.75, 3.05) is 26.5 Å². The minimum Gasteiger partial charge on any atom is -0.505 e. The van der Waals surface area contributed by atoms with Crippen LogP contribution in [0.4, 0.5) is 5.69 Å². The molecule has 3 N–H and O–H groups in total. The largest absolute Gasteiger partial charge is 0.505 e. The topological polar surface area (TPSA) is 126 Å². The van der Waals surface area contributed by atoms with Gasteiger partial charge in [0.25, 0.3) is 17.7 Å². The normalized spacial score (nSPS) is 14.2. The molecule has 9 heteroatoms. The number of rotatable bonds is 7. The highest BCUT2D eigenvalue weighted by molar-refractivity contribution is 6.20. The Labute approximate surface area is 191 Å². The Hall–Kier alpha value is -4.32. The maximum atomic E-state index is 12.9. The van der Waals surface area contributed by atoms with E-state index < -0.39 is 23.5 Å². The molecule has 1 aliphatic rings. The summed E-state index contributed by atoms with van der Waals surface area (Å²) in [5.74, 6) is -2.07. The molecule has 0 spiro atoms. The Kier molecular flexibility index (Phi) is 6.68. The molecule has 1 aliphatic heterocycles. The molecular weight excluding hydrogens is 422 g/mol. The van der Waals surface area contributed by atoms with E-state index in [2.05, 4.69) is 10.6 Å². The van der Waals surface area contributed by atoms with Crippen molar-refractivity contribution in [3.8, 4) is 11.8 Å². The van der Waals surface area contributed by atoms with Crippen LogP contribution in [0.25, 0.3) is 0 Å². The van der Waals surface area contributed by atoms with Crippen LogP contribution in [-0.2, 0) is 9.59 Å². The van der Waals surface area contributed by atoms with E-state index in [0.29, 0.717) is 6.42 Å². The second kappa shape index (κ2) is 9.44. The zero-order chi connectivity index (χ0) is 24.3. The third-order valence-electron chi connectivity index (χ3n) is 5.35. The van der Waals surface area contributed by atoms with Gasteiger partial charge >= 0.3 is 0 Å². The van der Waals surface area contributed by atoms with Gasteiger partial charge in [-0.3, -0.25) is 19.3 Å². The number of aromatic hydroxyl groups is 1. The number of phenolic OH excluding ortho intramolecular Hbond substituents is 1. The maximum Gasteiger partial charge on any atom is 0.279 e. The van der Waals surface area contributed by atoms with Crippen molar-refractivity contribution in [1.29, 1.82) is 5.26 Å². The number of carbonyl (C=O) groups is 3. The quantitative estimate of drug-likeness (QED) is 0.439. The first-order valence-electron chi connectivity index (χ1n) is 10.3. The summed E-state index contributed by atoms with van der Waals surface area (Å²) in [6.45, 7) is 1.95. The van der Waals surface area contributed by atoms with Crippen molar-refractivity contribution >= 4 is 23.4 Å². The van der Waals surface area contributed by atoms with Crippen LogP contribution in [0.1, 0.15) is 40.9 Å². The van der Waals surface area contributed by atoms with E-state index in [9.17, 15) is 24.8 Å². The SMILES string of the molecule is CC[C@@H](NC1=C(Nc2cc(C#N)cc(C(=O)N(C)C)c2O)C(=O)N(C)C1=O)c1ccccc1. The van der Waals surface area contributed by atoms with Gasteiger partial charge < -0.3 is 20.6 Å². The number of nitriles is 1. The van der Waals surface area contributed by atoms with E-state index in [1.165, 1.54) is 38.2 Å². The second-order valence-electron chi connectivity index (χ2n) is 7.79. The highest BCUT2D eigenvalue weighted by Gasteiger charge is 2.38. The summed E-state index contributed by atoms with van der Waals surface area (Å²) >= 11 is 0. The molecule has 0 aromatic heterocycles. The summed E-state index contributed by atoms with van der Waals surface area (Å²) in [6.07, 6.45) is 0.641. The summed E-state index contributed by atoms with van der Waals surface area (Å²) in [7, 11) is 4.39. The molecule has 0 radical (unpaired) electrons. The number of hydrogen-bond donors (Lipinski definition) is 3. The summed E-state index contributed by atoms with van der Waals surface area (Å²) in [4.78, 5) is 40.4. The molecule has 0 aliphatic carbocycles. The van der Waals surface area contributed by atoms with Crippen molar-refractivity contribution in [1.82, 2.24) is 15.1 Å². The molecular formula is C24H25N5O4. The number of phenols is 1. The number of nitrogens with one attached hydrogen (secondary N) is 2. The number of likely N-dealkylation sites (N-methyl/N-ethyl adjacent to an activating group) is 1. The Balaban J connectivity index is 2.07. The number of anilines is 1. The van der Waals surface area contributed by atoms with Gasteiger partial charge in [0.05, 0.1) is 28.9 Å². The van der Waals surface area contributed by atoms with E-state index in [1.807, 2.05) is 43.3 Å². The van der Waals surface area contributed by atoms with Crippen LogP contribution in [0, 0.1) is 11.3 Å². The number of imide groups is 1. The fourth-order valence-electron chi connectivity index (χ4n) is 3.50. The summed E-state index contributed by atoms with van der Waals surface area (Å²) < 4.78 is 0. The van der Waals surface area contributed by atoms with Crippen LogP contribution in [0.5, 0.6) is 5.75 Å². The molecule has 3 rings (SSSR count). The molecule has 0 bridgehead atoms. The van der Waals surface area contributed by atoms with Crippen molar-refractivity contribution < 1.29 is 19.5 Å². The summed E-state index contributed by atoms with van der Waals surface area (Å²) in [5.41, 5.74) is 0.882. The minimum atomic E-state index is -0.604. The number of carbonyl (C=O) groups excluding carboxylic acids is 3. The van der Waals surface area contributed by atoms with E-state index in [1.54, 1.807) is 0 Å². The highest BCUT2D eigenvalue weighted by Crippen LogP contribution is 2.33. The lowest BCUT2D eigenvalue weighted by Crippen LogP contribution is -2.31. The van der Waals surface area contributed by atoms with Gasteiger partial charge in [-0.25, -0.2) is 0 Å². The lowest BCUT2D eigenvalue weighted by Gasteiger charge is -2.20. The Bertz CT molecular complexity index is 1180. The third-order valence-corrected chi connectivity index (χ3v) is 5.35. The maximum absolute atomic E-state index is 12.9. The molecule has 2 aromatic carbocycles. The molecule has 1 atom stereocenters. The average Bonchev–Trinajstić information content (AvgIpc) is 3.01. The molecule has 33 heavy (non-hydrogen) atoms. The second-order valence-corrected chi connectivity index (χ2v) is 7.79. The molecule has 0 saturated carbocycles. The lowest BCUT2D eigenvalue weighted by atomic mass is 10.0. The predicted molar refractivity (Wildman–Crippen MR) is 122 cm³/mol. The number of nitrogens with zero attached hydrogens (tertiary/aromatic N) is 3. The monoisotopic (exact) mass is 447 g/mol. The van der Waals surface area contributed by atoms with Gasteiger partial charge in [-0.05, 0) is 24.1 Å². The minimum absolute atomic E-state index is 0.0299. The molecule has 170 valence electrons. The van der Waals surface area contributed by atoms with Crippen molar-refractivity contribution in [3.05, 3.63) is 70.5 Å². The van der Waals surface area contributed by atoms with Crippen molar-refractivity contribution in [2.24, 2.45) is 0 Å². The molecule has 0 saturated heterocycles. The van der Waals surface area contributed by atoms with E-state index in [-0.39, 0.29) is 34.3 Å². The Morgan fingerprint density at radius 3 is 2.36 bits per heavy atom. The van der Waals surface area contributed by atoms with Gasteiger partial charge in [0, 0.05) is 21.1 Å². The zero-order valence-corrected chi connectivity index (χ0v) is 18.8. The van der Waals surface area contributed by atoms with Gasteiger partial charge in [0.2, 0.25) is 0 Å². The first kappa shape index (κ1) is 23.3. The fourth-order valence-corrected chi connectivity index (χ4v) is 3.50. The highest BCUT2D eigenvalue weighted by atomic mass is 16.3. The molecule has 2 aromatic rings. The van der Waals surface area contributed by atoms with Crippen LogP contribution in [0.3, 0.4) is 0 Å². The zero-order valence-electron chi connectivity index (χ0n) is 18.8. The number of amides is 3. The van der Waals surface area contributed by atoms with E-state index >= 15 is 0 Å². The van der Waals surface area contributed by atoms with Crippen LogP contribution >= 0.6 is 0 Å². The summed E-state index contributed by atoms with van der Waals surface area (Å²) in [6, 6.07) is 13.8. The average molecular weight is 447 g/mol. The van der Waals surface area contributed by atoms with Crippen molar-refractivity contribution in [3.63, 3.8) is 0 Å². The first-order chi connectivity index (χ1) is 15.7. The van der Waals surface area contributed by atoms with Crippen LogP contribution in [0.15, 0.2) is 53.9 Å². The molecule has 9 nitrogen and oxygen atoms in total. The van der Waals surface area contributed by atoms with E-state index in [0.717, 1.165) is 10.5 Å². The van der Waals surface area contributed by atoms with E-state index in [4.69, 9.17) is 0 Å². The smallest absolute Gasteiger partial charge is 0.279 e. The molecule has 0 unspecified atom stereocenters. The van der Waals surface area contributed by atoms with Gasteiger partial charge in [-0.15, -0.1) is 0 Å². The van der Waals surface area contributed by atoms with Crippen LogP contribution < -0.4 is 10.6 Å². The molecule has 0 fully saturated rings. The number of hydrogen-bond acceptors (Lipinski definition) is 7. The lowest BCUT2D eigenvalue weighted by molar-refractivity contribution is -0.136. The summed E-state index contributed by atoms with van der Waals surface area (Å²) in [5, 5.41) is 26.1. The van der Waals surface area contributed by atoms with Crippen molar-refractivity contribution in [2.45, 2.75) is 19.4 Å². The first-order valence-corrected chi connectivity index (χ1v) is 10.3. The van der Waals surface area contributed by atoms with Gasteiger partial charge in [-0.1, -0.05) is 37.3 Å².